The van der Waals surface area contributed by atoms with Crippen LogP contribution in [0.2, 0.25) is 0 Å². The third-order valence-corrected chi connectivity index (χ3v) is 3.92. The lowest BCUT2D eigenvalue weighted by Gasteiger charge is -2.26. The molecule has 0 radical (unpaired) electrons. The SMILES string of the molecule is N[C@H](C(=O)Nc1ccc(Br)nc1)C1CCCCC1. The van der Waals surface area contributed by atoms with Crippen molar-refractivity contribution in [1.82, 2.24) is 4.98 Å². The van der Waals surface area contributed by atoms with Crippen LogP contribution in [0.1, 0.15) is 32.1 Å². The van der Waals surface area contributed by atoms with E-state index in [0.717, 1.165) is 17.4 Å². The van der Waals surface area contributed by atoms with Crippen LogP contribution >= 0.6 is 15.9 Å². The zero-order valence-electron chi connectivity index (χ0n) is 10.2. The molecule has 0 aromatic carbocycles. The molecule has 1 fully saturated rings. The largest absolute Gasteiger partial charge is 0.323 e. The molecule has 0 aliphatic heterocycles. The minimum Gasteiger partial charge on any atom is -0.323 e. The summed E-state index contributed by atoms with van der Waals surface area (Å²) >= 11 is 3.25. The highest BCUT2D eigenvalue weighted by Crippen LogP contribution is 2.26. The minimum atomic E-state index is -0.408. The van der Waals surface area contributed by atoms with Crippen molar-refractivity contribution in [2.24, 2.45) is 11.7 Å². The Morgan fingerprint density at radius 1 is 1.39 bits per heavy atom. The highest BCUT2D eigenvalue weighted by atomic mass is 79.9. The van der Waals surface area contributed by atoms with Gasteiger partial charge in [-0.25, -0.2) is 4.98 Å². The van der Waals surface area contributed by atoms with Gasteiger partial charge in [-0.05, 0) is 46.8 Å². The van der Waals surface area contributed by atoms with E-state index in [1.54, 1.807) is 12.3 Å². The van der Waals surface area contributed by atoms with Crippen molar-refractivity contribution in [1.29, 1.82) is 0 Å². The Bertz CT molecular complexity index is 401. The second kappa shape index (κ2) is 6.29. The number of nitrogens with two attached hydrogens (primary N) is 1. The van der Waals surface area contributed by atoms with Crippen LogP contribution in [-0.4, -0.2) is 16.9 Å². The Morgan fingerprint density at radius 2 is 2.11 bits per heavy atom. The number of amides is 1. The lowest BCUT2D eigenvalue weighted by Crippen LogP contribution is -2.42. The predicted molar refractivity (Wildman–Crippen MR) is 75.1 cm³/mol. The zero-order chi connectivity index (χ0) is 13.0. The Hall–Kier alpha value is -0.940. The van der Waals surface area contributed by atoms with Gasteiger partial charge in [0.05, 0.1) is 17.9 Å². The van der Waals surface area contributed by atoms with E-state index in [9.17, 15) is 4.79 Å². The average molecular weight is 312 g/mol. The van der Waals surface area contributed by atoms with Crippen LogP contribution < -0.4 is 11.1 Å². The number of pyridine rings is 1. The molecule has 98 valence electrons. The Kier molecular flexibility index (Phi) is 4.72. The molecule has 0 unspecified atom stereocenters. The van der Waals surface area contributed by atoms with Crippen LogP contribution in [0.3, 0.4) is 0 Å². The molecule has 0 spiro atoms. The molecule has 1 aromatic rings. The summed E-state index contributed by atoms with van der Waals surface area (Å²) in [6, 6.07) is 3.19. The van der Waals surface area contributed by atoms with Gasteiger partial charge in [0.15, 0.2) is 0 Å². The smallest absolute Gasteiger partial charge is 0.241 e. The number of nitrogens with zero attached hydrogens (tertiary/aromatic N) is 1. The molecule has 0 bridgehead atoms. The first-order valence-electron chi connectivity index (χ1n) is 6.35. The first kappa shape index (κ1) is 13.5. The quantitative estimate of drug-likeness (QED) is 0.843. The van der Waals surface area contributed by atoms with E-state index in [4.69, 9.17) is 5.73 Å². The van der Waals surface area contributed by atoms with Gasteiger partial charge in [-0.15, -0.1) is 0 Å². The molecular formula is C13H18BrN3O. The number of anilines is 1. The second-order valence-corrected chi connectivity index (χ2v) is 5.60. The van der Waals surface area contributed by atoms with Crippen LogP contribution in [-0.2, 0) is 4.79 Å². The summed E-state index contributed by atoms with van der Waals surface area (Å²) < 4.78 is 0.747. The molecule has 1 atom stereocenters. The number of carbonyl (C=O) groups is 1. The molecule has 1 saturated carbocycles. The van der Waals surface area contributed by atoms with E-state index in [2.05, 4.69) is 26.2 Å². The number of hydrogen-bond donors (Lipinski definition) is 2. The molecular weight excluding hydrogens is 294 g/mol. The van der Waals surface area contributed by atoms with Crippen LogP contribution in [0.25, 0.3) is 0 Å². The third kappa shape index (κ3) is 3.53. The van der Waals surface area contributed by atoms with Gasteiger partial charge in [0.1, 0.15) is 4.60 Å². The molecule has 1 heterocycles. The van der Waals surface area contributed by atoms with Gasteiger partial charge in [-0.3, -0.25) is 4.79 Å². The number of rotatable bonds is 3. The van der Waals surface area contributed by atoms with Gasteiger partial charge >= 0.3 is 0 Å². The normalized spacial score (nSPS) is 18.3. The topological polar surface area (TPSA) is 68.0 Å². The fourth-order valence-corrected chi connectivity index (χ4v) is 2.62. The van der Waals surface area contributed by atoms with Crippen molar-refractivity contribution in [3.05, 3.63) is 22.9 Å². The molecule has 5 heteroatoms. The van der Waals surface area contributed by atoms with Gasteiger partial charge < -0.3 is 11.1 Å². The van der Waals surface area contributed by atoms with Crippen LogP contribution in [0.5, 0.6) is 0 Å². The van der Waals surface area contributed by atoms with E-state index >= 15 is 0 Å². The monoisotopic (exact) mass is 311 g/mol. The minimum absolute atomic E-state index is 0.106. The summed E-state index contributed by atoms with van der Waals surface area (Å²) in [6.07, 6.45) is 7.38. The first-order valence-corrected chi connectivity index (χ1v) is 7.14. The van der Waals surface area contributed by atoms with Gasteiger partial charge in [-0.1, -0.05) is 19.3 Å². The molecule has 1 amide bonds. The van der Waals surface area contributed by atoms with E-state index in [1.807, 2.05) is 6.07 Å². The van der Waals surface area contributed by atoms with Crippen LogP contribution in [0.15, 0.2) is 22.9 Å². The van der Waals surface area contributed by atoms with Crippen molar-refractivity contribution < 1.29 is 4.79 Å². The Labute approximate surface area is 115 Å². The standard InChI is InChI=1S/C13H18BrN3O/c14-11-7-6-10(8-16-11)17-13(18)12(15)9-4-2-1-3-5-9/h6-9,12H,1-5,15H2,(H,17,18)/t12-/m0/s1. The molecule has 2 rings (SSSR count). The lowest BCUT2D eigenvalue weighted by atomic mass is 9.84. The fraction of sp³-hybridized carbons (Fsp3) is 0.538. The van der Waals surface area contributed by atoms with Crippen molar-refractivity contribution in [3.8, 4) is 0 Å². The van der Waals surface area contributed by atoms with Crippen molar-refractivity contribution >= 4 is 27.5 Å². The molecule has 1 aliphatic carbocycles. The van der Waals surface area contributed by atoms with E-state index in [0.29, 0.717) is 11.6 Å². The van der Waals surface area contributed by atoms with Crippen molar-refractivity contribution in [3.63, 3.8) is 0 Å². The fourth-order valence-electron chi connectivity index (χ4n) is 2.38. The number of aromatic nitrogens is 1. The average Bonchev–Trinajstić information content (AvgIpc) is 2.41. The Morgan fingerprint density at radius 3 is 2.72 bits per heavy atom. The highest BCUT2D eigenvalue weighted by Gasteiger charge is 2.26. The van der Waals surface area contributed by atoms with E-state index in [-0.39, 0.29) is 5.91 Å². The summed E-state index contributed by atoms with van der Waals surface area (Å²) in [5.74, 6) is 0.216. The summed E-state index contributed by atoms with van der Waals surface area (Å²) in [6.45, 7) is 0. The molecule has 4 nitrogen and oxygen atoms in total. The number of hydrogen-bond acceptors (Lipinski definition) is 3. The van der Waals surface area contributed by atoms with Crippen LogP contribution in [0.4, 0.5) is 5.69 Å². The van der Waals surface area contributed by atoms with Gasteiger partial charge in [-0.2, -0.15) is 0 Å². The molecule has 18 heavy (non-hydrogen) atoms. The molecule has 3 N–H and O–H groups in total. The maximum Gasteiger partial charge on any atom is 0.241 e. The van der Waals surface area contributed by atoms with Gasteiger partial charge in [0.25, 0.3) is 0 Å². The highest BCUT2D eigenvalue weighted by molar-refractivity contribution is 9.10. The molecule has 1 aliphatic rings. The predicted octanol–water partition coefficient (Wildman–Crippen LogP) is 2.69. The maximum atomic E-state index is 12.0. The summed E-state index contributed by atoms with van der Waals surface area (Å²) in [5, 5.41) is 2.82. The van der Waals surface area contributed by atoms with Crippen molar-refractivity contribution in [2.75, 3.05) is 5.32 Å². The second-order valence-electron chi connectivity index (χ2n) is 4.78. The lowest BCUT2D eigenvalue weighted by molar-refractivity contribution is -0.118. The molecule has 1 aromatic heterocycles. The molecule has 0 saturated heterocycles. The van der Waals surface area contributed by atoms with E-state index in [1.165, 1.54) is 19.3 Å². The Balaban J connectivity index is 1.92. The third-order valence-electron chi connectivity index (χ3n) is 3.46. The summed E-state index contributed by atoms with van der Waals surface area (Å²) in [7, 11) is 0. The van der Waals surface area contributed by atoms with Gasteiger partial charge in [0, 0.05) is 0 Å². The summed E-state index contributed by atoms with van der Waals surface area (Å²) in [4.78, 5) is 16.1. The first-order chi connectivity index (χ1) is 8.66. The number of carbonyl (C=O) groups excluding carboxylic acids is 1. The number of halogens is 1. The van der Waals surface area contributed by atoms with Crippen LogP contribution in [0, 0.1) is 5.92 Å². The number of nitrogens with one attached hydrogen (secondary N) is 1. The summed E-state index contributed by atoms with van der Waals surface area (Å²) in [5.41, 5.74) is 6.72. The van der Waals surface area contributed by atoms with E-state index < -0.39 is 6.04 Å². The van der Waals surface area contributed by atoms with Gasteiger partial charge in [0.2, 0.25) is 5.91 Å². The zero-order valence-corrected chi connectivity index (χ0v) is 11.8. The van der Waals surface area contributed by atoms with Crippen molar-refractivity contribution in [2.45, 2.75) is 38.1 Å². The maximum absolute atomic E-state index is 12.0.